The van der Waals surface area contributed by atoms with Crippen LogP contribution in [0.3, 0.4) is 0 Å². The van der Waals surface area contributed by atoms with E-state index < -0.39 is 11.5 Å². The van der Waals surface area contributed by atoms with Crippen molar-refractivity contribution >= 4 is 29.5 Å². The molecule has 0 fully saturated rings. The van der Waals surface area contributed by atoms with Crippen molar-refractivity contribution in [2.45, 2.75) is 18.2 Å². The van der Waals surface area contributed by atoms with Gasteiger partial charge in [-0.1, -0.05) is 30.3 Å². The van der Waals surface area contributed by atoms with Gasteiger partial charge in [-0.25, -0.2) is 4.84 Å². The lowest BCUT2D eigenvalue weighted by Gasteiger charge is -2.21. The first kappa shape index (κ1) is 13.4. The van der Waals surface area contributed by atoms with Crippen LogP contribution in [0.1, 0.15) is 12.5 Å². The first-order chi connectivity index (χ1) is 7.58. The van der Waals surface area contributed by atoms with Crippen molar-refractivity contribution in [2.75, 3.05) is 5.75 Å². The Balaban J connectivity index is 2.43. The molecule has 1 aromatic rings. The topological polar surface area (TPSA) is 49.3 Å². The third-order valence-electron chi connectivity index (χ3n) is 2.18. The highest BCUT2D eigenvalue weighted by Gasteiger charge is 2.31. The molecule has 0 saturated heterocycles. The van der Waals surface area contributed by atoms with Gasteiger partial charge in [0.1, 0.15) is 5.54 Å². The molecule has 0 aliphatic heterocycles. The van der Waals surface area contributed by atoms with Crippen LogP contribution in [0, 0.1) is 0 Å². The molecule has 5 heteroatoms. The van der Waals surface area contributed by atoms with Gasteiger partial charge in [0.2, 0.25) is 0 Å². The molecule has 0 aromatic heterocycles. The second kappa shape index (κ2) is 6.13. The Morgan fingerprint density at radius 1 is 1.50 bits per heavy atom. The highest BCUT2D eigenvalue weighted by molar-refractivity contribution is 7.98. The Morgan fingerprint density at radius 3 is 2.62 bits per heavy atom. The summed E-state index contributed by atoms with van der Waals surface area (Å²) in [5.74, 6) is 0.256. The van der Waals surface area contributed by atoms with Crippen LogP contribution >= 0.6 is 23.5 Å². The number of hydrogen-bond donors (Lipinski definition) is 2. The highest BCUT2D eigenvalue weighted by atomic mass is 35.5. The van der Waals surface area contributed by atoms with Crippen LogP contribution in [0.4, 0.5) is 0 Å². The van der Waals surface area contributed by atoms with Crippen LogP contribution in [0.15, 0.2) is 30.3 Å². The molecule has 0 aliphatic rings. The zero-order chi connectivity index (χ0) is 12.0. The molecule has 0 amide bonds. The molecule has 0 spiro atoms. The maximum absolute atomic E-state index is 10.9. The van der Waals surface area contributed by atoms with Crippen LogP contribution < -0.4 is 4.84 Å². The van der Waals surface area contributed by atoms with Crippen molar-refractivity contribution in [3.05, 3.63) is 35.9 Å². The molecular weight excluding hydrogens is 246 g/mol. The largest absolute Gasteiger partial charge is 0.480 e. The van der Waals surface area contributed by atoms with E-state index in [1.165, 1.54) is 17.3 Å². The molecule has 3 nitrogen and oxygen atoms in total. The molecule has 1 aromatic carbocycles. The van der Waals surface area contributed by atoms with E-state index in [4.69, 9.17) is 16.9 Å². The van der Waals surface area contributed by atoms with Crippen LogP contribution in [-0.4, -0.2) is 22.4 Å². The Morgan fingerprint density at radius 2 is 2.12 bits per heavy atom. The molecule has 0 bridgehead atoms. The smallest absolute Gasteiger partial charge is 0.325 e. The number of halogens is 1. The third kappa shape index (κ3) is 3.70. The Labute approximate surface area is 104 Å². The summed E-state index contributed by atoms with van der Waals surface area (Å²) >= 11 is 6.98. The average Bonchev–Trinajstić information content (AvgIpc) is 2.30. The van der Waals surface area contributed by atoms with E-state index in [0.29, 0.717) is 5.75 Å². The molecule has 0 unspecified atom stereocenters. The van der Waals surface area contributed by atoms with Crippen molar-refractivity contribution in [3.8, 4) is 0 Å². The minimum Gasteiger partial charge on any atom is -0.480 e. The van der Waals surface area contributed by atoms with Crippen LogP contribution in [-0.2, 0) is 10.5 Å². The summed E-state index contributed by atoms with van der Waals surface area (Å²) in [5, 5.41) is 8.97. The number of benzene rings is 1. The average molecular weight is 260 g/mol. The summed E-state index contributed by atoms with van der Waals surface area (Å²) in [7, 11) is 0. The van der Waals surface area contributed by atoms with Gasteiger partial charge in [0.15, 0.2) is 0 Å². The Bertz CT molecular complexity index is 347. The van der Waals surface area contributed by atoms with Crippen molar-refractivity contribution < 1.29 is 9.90 Å². The van der Waals surface area contributed by atoms with E-state index in [2.05, 4.69) is 4.84 Å². The first-order valence-electron chi connectivity index (χ1n) is 4.81. The molecule has 88 valence electrons. The monoisotopic (exact) mass is 259 g/mol. The number of carboxylic acid groups (broad SMARTS) is 1. The molecule has 0 radical (unpaired) electrons. The molecule has 0 saturated carbocycles. The molecule has 0 aliphatic carbocycles. The number of thioether (sulfide) groups is 1. The number of carbonyl (C=O) groups is 1. The minimum atomic E-state index is -1.08. The van der Waals surface area contributed by atoms with Gasteiger partial charge in [0, 0.05) is 11.5 Å². The van der Waals surface area contributed by atoms with Gasteiger partial charge < -0.3 is 5.11 Å². The van der Waals surface area contributed by atoms with Gasteiger partial charge >= 0.3 is 5.97 Å². The molecular formula is C11H14ClNO2S. The Kier molecular flexibility index (Phi) is 5.12. The van der Waals surface area contributed by atoms with E-state index >= 15 is 0 Å². The summed E-state index contributed by atoms with van der Waals surface area (Å²) in [6.45, 7) is 1.57. The lowest BCUT2D eigenvalue weighted by Crippen LogP contribution is -2.47. The van der Waals surface area contributed by atoms with Crippen LogP contribution in [0.2, 0.25) is 0 Å². The summed E-state index contributed by atoms with van der Waals surface area (Å²) in [4.78, 5) is 13.3. The number of aliphatic carboxylic acids is 1. The fraction of sp³-hybridized carbons (Fsp3) is 0.364. The number of rotatable bonds is 6. The van der Waals surface area contributed by atoms with Crippen LogP contribution in [0.5, 0.6) is 0 Å². The summed E-state index contributed by atoms with van der Waals surface area (Å²) < 4.78 is 0. The van der Waals surface area contributed by atoms with E-state index in [1.54, 1.807) is 6.92 Å². The van der Waals surface area contributed by atoms with Crippen molar-refractivity contribution in [1.29, 1.82) is 0 Å². The third-order valence-corrected chi connectivity index (χ3v) is 3.92. The quantitative estimate of drug-likeness (QED) is 0.771. The zero-order valence-corrected chi connectivity index (χ0v) is 10.5. The fourth-order valence-electron chi connectivity index (χ4n) is 1.08. The second-order valence-corrected chi connectivity index (χ2v) is 4.88. The molecule has 2 N–H and O–H groups in total. The van der Waals surface area contributed by atoms with E-state index in [-0.39, 0.29) is 0 Å². The summed E-state index contributed by atoms with van der Waals surface area (Å²) in [6, 6.07) is 9.91. The minimum absolute atomic E-state index is 0.417. The van der Waals surface area contributed by atoms with Crippen molar-refractivity contribution in [3.63, 3.8) is 0 Å². The molecule has 16 heavy (non-hydrogen) atoms. The second-order valence-electron chi connectivity index (χ2n) is 3.71. The van der Waals surface area contributed by atoms with E-state index in [0.717, 1.165) is 5.75 Å². The van der Waals surface area contributed by atoms with Gasteiger partial charge in [-0.05, 0) is 24.3 Å². The maximum Gasteiger partial charge on any atom is 0.325 e. The van der Waals surface area contributed by atoms with E-state index in [9.17, 15) is 4.79 Å². The zero-order valence-electron chi connectivity index (χ0n) is 8.94. The van der Waals surface area contributed by atoms with E-state index in [1.807, 2.05) is 30.3 Å². The van der Waals surface area contributed by atoms with Gasteiger partial charge in [-0.15, -0.1) is 0 Å². The molecule has 1 rings (SSSR count). The lowest BCUT2D eigenvalue weighted by atomic mass is 10.1. The predicted octanol–water partition coefficient (Wildman–Crippen LogP) is 2.51. The van der Waals surface area contributed by atoms with Gasteiger partial charge in [-0.3, -0.25) is 4.79 Å². The summed E-state index contributed by atoms with van der Waals surface area (Å²) in [6.07, 6.45) is 0. The van der Waals surface area contributed by atoms with Gasteiger partial charge in [-0.2, -0.15) is 11.8 Å². The number of hydrogen-bond acceptors (Lipinski definition) is 3. The standard InChI is InChI=1S/C11H14ClNO2S/c1-11(13-12,10(14)15)8-16-7-9-5-3-2-4-6-9/h2-6,13H,7-8H2,1H3,(H,14,15)/t11-/m1/s1. The maximum atomic E-state index is 10.9. The molecule has 0 heterocycles. The lowest BCUT2D eigenvalue weighted by molar-refractivity contribution is -0.142. The van der Waals surface area contributed by atoms with Crippen molar-refractivity contribution in [1.82, 2.24) is 4.84 Å². The number of carboxylic acids is 1. The predicted molar refractivity (Wildman–Crippen MR) is 67.6 cm³/mol. The van der Waals surface area contributed by atoms with Gasteiger partial charge in [0.25, 0.3) is 0 Å². The highest BCUT2D eigenvalue weighted by Crippen LogP contribution is 2.18. The SMILES string of the molecule is C[C@](CSCc1ccccc1)(NCl)C(=O)O. The van der Waals surface area contributed by atoms with Gasteiger partial charge in [0.05, 0.1) is 0 Å². The van der Waals surface area contributed by atoms with Crippen molar-refractivity contribution in [2.24, 2.45) is 0 Å². The summed E-state index contributed by atoms with van der Waals surface area (Å²) in [5.41, 5.74) is 0.0934. The number of nitrogens with one attached hydrogen (secondary N) is 1. The fourth-order valence-corrected chi connectivity index (χ4v) is 2.44. The van der Waals surface area contributed by atoms with Crippen LogP contribution in [0.25, 0.3) is 0 Å². The first-order valence-corrected chi connectivity index (χ1v) is 6.34. The normalized spacial score (nSPS) is 14.4. The Hall–Kier alpha value is -0.710. The molecule has 1 atom stereocenters.